The van der Waals surface area contributed by atoms with Gasteiger partial charge >= 0.3 is 0 Å². The fourth-order valence-corrected chi connectivity index (χ4v) is 2.82. The van der Waals surface area contributed by atoms with Crippen LogP contribution in [0.5, 0.6) is 0 Å². The molecule has 0 unspecified atom stereocenters. The second kappa shape index (κ2) is 6.35. The van der Waals surface area contributed by atoms with Crippen LogP contribution in [0.3, 0.4) is 0 Å². The second-order valence-corrected chi connectivity index (χ2v) is 5.09. The lowest BCUT2D eigenvalue weighted by molar-refractivity contribution is 0.241. The zero-order valence-corrected chi connectivity index (χ0v) is 10.8. The molecule has 0 atom stereocenters. The summed E-state index contributed by atoms with van der Waals surface area (Å²) in [4.78, 5) is 2.52. The van der Waals surface area contributed by atoms with E-state index in [1.165, 1.54) is 30.8 Å². The van der Waals surface area contributed by atoms with Gasteiger partial charge in [-0.05, 0) is 28.8 Å². The molecule has 16 heavy (non-hydrogen) atoms. The molecular formula is C12H21N3S. The minimum absolute atomic E-state index is 1.02. The molecule has 3 nitrogen and oxygen atoms in total. The van der Waals surface area contributed by atoms with E-state index in [4.69, 9.17) is 0 Å². The Hall–Kier alpha value is -0.420. The smallest absolute Gasteiger partial charge is 0.0216 e. The molecule has 1 aliphatic rings. The molecule has 0 bridgehead atoms. The van der Waals surface area contributed by atoms with Crippen LogP contribution in [-0.2, 0) is 6.54 Å². The van der Waals surface area contributed by atoms with E-state index in [0.717, 1.165) is 26.2 Å². The topological polar surface area (TPSA) is 27.3 Å². The van der Waals surface area contributed by atoms with Crippen molar-refractivity contribution in [1.29, 1.82) is 0 Å². The predicted octanol–water partition coefficient (Wildman–Crippen LogP) is 1.05. The molecule has 1 fully saturated rings. The van der Waals surface area contributed by atoms with Crippen molar-refractivity contribution in [2.75, 3.05) is 39.3 Å². The van der Waals surface area contributed by atoms with E-state index in [2.05, 4.69) is 33.2 Å². The molecule has 2 heterocycles. The van der Waals surface area contributed by atoms with Gasteiger partial charge in [0.05, 0.1) is 0 Å². The Kier molecular flexibility index (Phi) is 4.78. The summed E-state index contributed by atoms with van der Waals surface area (Å²) >= 11 is 1.79. The van der Waals surface area contributed by atoms with Crippen molar-refractivity contribution in [2.24, 2.45) is 0 Å². The predicted molar refractivity (Wildman–Crippen MR) is 70.1 cm³/mol. The lowest BCUT2D eigenvalue weighted by Gasteiger charge is -2.27. The number of thiophene rings is 1. The SMILES string of the molecule is Cc1cscc1CNCCN1CCNCC1. The number of nitrogens with zero attached hydrogens (tertiary/aromatic N) is 1. The van der Waals surface area contributed by atoms with Gasteiger partial charge in [0.1, 0.15) is 0 Å². The summed E-state index contributed by atoms with van der Waals surface area (Å²) in [6, 6.07) is 0. The number of hydrogen-bond donors (Lipinski definition) is 2. The average molecular weight is 239 g/mol. The maximum absolute atomic E-state index is 3.52. The molecule has 1 saturated heterocycles. The van der Waals surface area contributed by atoms with Gasteiger partial charge in [-0.1, -0.05) is 0 Å². The molecule has 2 rings (SSSR count). The van der Waals surface area contributed by atoms with E-state index in [-0.39, 0.29) is 0 Å². The van der Waals surface area contributed by atoms with Gasteiger partial charge in [-0.3, -0.25) is 4.90 Å². The third-order valence-electron chi connectivity index (χ3n) is 3.09. The van der Waals surface area contributed by atoms with Crippen LogP contribution in [0, 0.1) is 6.92 Å². The summed E-state index contributed by atoms with van der Waals surface area (Å²) in [6.45, 7) is 10.1. The molecule has 0 spiro atoms. The first-order valence-electron chi connectivity index (χ1n) is 6.02. The highest BCUT2D eigenvalue weighted by Crippen LogP contribution is 2.12. The summed E-state index contributed by atoms with van der Waals surface area (Å²) in [7, 11) is 0. The number of rotatable bonds is 5. The summed E-state index contributed by atoms with van der Waals surface area (Å²) in [5.41, 5.74) is 2.87. The standard InChI is InChI=1S/C12H21N3S/c1-11-9-16-10-12(11)8-14-4-7-15-5-2-13-3-6-15/h9-10,13-14H,2-8H2,1H3. The quantitative estimate of drug-likeness (QED) is 0.752. The van der Waals surface area contributed by atoms with E-state index in [1.807, 2.05) is 0 Å². The molecule has 2 N–H and O–H groups in total. The van der Waals surface area contributed by atoms with Crippen molar-refractivity contribution in [3.63, 3.8) is 0 Å². The van der Waals surface area contributed by atoms with E-state index >= 15 is 0 Å². The van der Waals surface area contributed by atoms with Crippen LogP contribution >= 0.6 is 11.3 Å². The maximum atomic E-state index is 3.52. The highest BCUT2D eigenvalue weighted by Gasteiger charge is 2.08. The van der Waals surface area contributed by atoms with Crippen molar-refractivity contribution in [2.45, 2.75) is 13.5 Å². The molecule has 0 radical (unpaired) electrons. The number of hydrogen-bond acceptors (Lipinski definition) is 4. The van der Waals surface area contributed by atoms with Gasteiger partial charge in [-0.2, -0.15) is 11.3 Å². The minimum Gasteiger partial charge on any atom is -0.314 e. The highest BCUT2D eigenvalue weighted by molar-refractivity contribution is 7.08. The zero-order valence-electron chi connectivity index (χ0n) is 9.96. The fraction of sp³-hybridized carbons (Fsp3) is 0.667. The van der Waals surface area contributed by atoms with Crippen LogP contribution in [0.1, 0.15) is 11.1 Å². The maximum Gasteiger partial charge on any atom is 0.0216 e. The largest absolute Gasteiger partial charge is 0.314 e. The lowest BCUT2D eigenvalue weighted by Crippen LogP contribution is -2.45. The first-order valence-corrected chi connectivity index (χ1v) is 6.96. The lowest BCUT2D eigenvalue weighted by atomic mass is 10.2. The minimum atomic E-state index is 1.02. The Balaban J connectivity index is 1.59. The van der Waals surface area contributed by atoms with Crippen molar-refractivity contribution in [1.82, 2.24) is 15.5 Å². The van der Waals surface area contributed by atoms with Gasteiger partial charge in [0, 0.05) is 45.8 Å². The van der Waals surface area contributed by atoms with E-state index in [0.29, 0.717) is 0 Å². The first-order chi connectivity index (χ1) is 7.86. The van der Waals surface area contributed by atoms with Crippen LogP contribution in [0.25, 0.3) is 0 Å². The number of aryl methyl sites for hydroxylation is 1. The van der Waals surface area contributed by atoms with Crippen molar-refractivity contribution >= 4 is 11.3 Å². The Morgan fingerprint density at radius 1 is 1.38 bits per heavy atom. The zero-order chi connectivity index (χ0) is 11.2. The normalized spacial score (nSPS) is 17.8. The van der Waals surface area contributed by atoms with Crippen LogP contribution in [0.15, 0.2) is 10.8 Å². The third kappa shape index (κ3) is 3.56. The van der Waals surface area contributed by atoms with Gasteiger partial charge < -0.3 is 10.6 Å². The van der Waals surface area contributed by atoms with Gasteiger partial charge in [0.15, 0.2) is 0 Å². The molecular weight excluding hydrogens is 218 g/mol. The van der Waals surface area contributed by atoms with Crippen molar-refractivity contribution in [3.8, 4) is 0 Å². The third-order valence-corrected chi connectivity index (χ3v) is 4.00. The average Bonchev–Trinajstić information content (AvgIpc) is 2.72. The summed E-state index contributed by atoms with van der Waals surface area (Å²) in [5.74, 6) is 0. The van der Waals surface area contributed by atoms with Crippen LogP contribution in [0.4, 0.5) is 0 Å². The van der Waals surface area contributed by atoms with Crippen LogP contribution < -0.4 is 10.6 Å². The summed E-state index contributed by atoms with van der Waals surface area (Å²) in [6.07, 6.45) is 0. The monoisotopic (exact) mass is 239 g/mol. The Morgan fingerprint density at radius 2 is 2.19 bits per heavy atom. The van der Waals surface area contributed by atoms with Gasteiger partial charge in [0.2, 0.25) is 0 Å². The van der Waals surface area contributed by atoms with Crippen LogP contribution in [-0.4, -0.2) is 44.2 Å². The molecule has 0 amide bonds. The van der Waals surface area contributed by atoms with Gasteiger partial charge in [-0.25, -0.2) is 0 Å². The Bertz CT molecular complexity index is 305. The molecule has 90 valence electrons. The first kappa shape index (κ1) is 12.0. The summed E-state index contributed by atoms with van der Waals surface area (Å²) < 4.78 is 0. The van der Waals surface area contributed by atoms with Crippen molar-refractivity contribution < 1.29 is 0 Å². The Morgan fingerprint density at radius 3 is 2.88 bits per heavy atom. The molecule has 0 aliphatic carbocycles. The van der Waals surface area contributed by atoms with E-state index in [9.17, 15) is 0 Å². The molecule has 1 aromatic rings. The number of piperazine rings is 1. The molecule has 1 aliphatic heterocycles. The highest BCUT2D eigenvalue weighted by atomic mass is 32.1. The molecule has 4 heteroatoms. The Labute approximate surface area is 102 Å². The van der Waals surface area contributed by atoms with E-state index < -0.39 is 0 Å². The number of nitrogens with one attached hydrogen (secondary N) is 2. The van der Waals surface area contributed by atoms with E-state index in [1.54, 1.807) is 11.3 Å². The van der Waals surface area contributed by atoms with Gasteiger partial charge in [-0.15, -0.1) is 0 Å². The second-order valence-electron chi connectivity index (χ2n) is 4.35. The molecule has 0 aromatic carbocycles. The van der Waals surface area contributed by atoms with Crippen LogP contribution in [0.2, 0.25) is 0 Å². The van der Waals surface area contributed by atoms with Gasteiger partial charge in [0.25, 0.3) is 0 Å². The summed E-state index contributed by atoms with van der Waals surface area (Å²) in [5, 5.41) is 11.4. The van der Waals surface area contributed by atoms with Crippen molar-refractivity contribution in [3.05, 3.63) is 21.9 Å². The molecule has 0 saturated carbocycles. The fourth-order valence-electron chi connectivity index (χ4n) is 1.96. The molecule has 1 aromatic heterocycles.